The van der Waals surface area contributed by atoms with E-state index < -0.39 is 5.97 Å². The van der Waals surface area contributed by atoms with E-state index in [1.807, 2.05) is 0 Å². The second kappa shape index (κ2) is 3.85. The second-order valence-corrected chi connectivity index (χ2v) is 3.33. The smallest absolute Gasteiger partial charge is 0.362 e. The summed E-state index contributed by atoms with van der Waals surface area (Å²) < 4.78 is 6.25. The zero-order chi connectivity index (χ0) is 10.8. The summed E-state index contributed by atoms with van der Waals surface area (Å²) in [6, 6.07) is 0.104. The monoisotopic (exact) mass is 211 g/mol. The minimum Gasteiger partial charge on any atom is -0.464 e. The number of esters is 1. The molecule has 82 valence electrons. The van der Waals surface area contributed by atoms with E-state index in [4.69, 9.17) is 5.73 Å². The number of fused-ring (bicyclic) bond motifs is 1. The molecular weight excluding hydrogens is 198 g/mol. The molecule has 1 aliphatic rings. The second-order valence-electron chi connectivity index (χ2n) is 3.33. The van der Waals surface area contributed by atoms with E-state index in [0.29, 0.717) is 12.4 Å². The van der Waals surface area contributed by atoms with Crippen molar-refractivity contribution in [1.82, 2.24) is 15.0 Å². The SMILES string of the molecule is COC(=O)c1nnn2c1NCCC2CN. The number of carbonyl (C=O) groups excluding carboxylic acids is 1. The van der Waals surface area contributed by atoms with Crippen LogP contribution in [0.4, 0.5) is 5.82 Å². The molecule has 2 heterocycles. The third-order valence-corrected chi connectivity index (χ3v) is 2.46. The fourth-order valence-electron chi connectivity index (χ4n) is 1.65. The predicted octanol–water partition coefficient (Wildman–Crippen LogP) is -0.620. The van der Waals surface area contributed by atoms with Crippen molar-refractivity contribution in [2.45, 2.75) is 12.5 Å². The Hall–Kier alpha value is -1.63. The summed E-state index contributed by atoms with van der Waals surface area (Å²) in [6.07, 6.45) is 0.882. The molecule has 0 amide bonds. The number of aromatic nitrogens is 3. The molecule has 0 saturated carbocycles. The summed E-state index contributed by atoms with van der Waals surface area (Å²) in [6.45, 7) is 1.25. The van der Waals surface area contributed by atoms with Gasteiger partial charge in [-0.25, -0.2) is 9.48 Å². The number of nitrogens with one attached hydrogen (secondary N) is 1. The molecule has 7 heteroatoms. The van der Waals surface area contributed by atoms with Gasteiger partial charge in [-0.2, -0.15) is 0 Å². The van der Waals surface area contributed by atoms with Gasteiger partial charge < -0.3 is 15.8 Å². The Morgan fingerprint density at radius 2 is 2.60 bits per heavy atom. The van der Waals surface area contributed by atoms with Crippen molar-refractivity contribution in [1.29, 1.82) is 0 Å². The van der Waals surface area contributed by atoms with Crippen molar-refractivity contribution in [3.63, 3.8) is 0 Å². The van der Waals surface area contributed by atoms with E-state index in [0.717, 1.165) is 13.0 Å². The van der Waals surface area contributed by atoms with Crippen LogP contribution < -0.4 is 11.1 Å². The van der Waals surface area contributed by atoms with Crippen LogP contribution in [-0.4, -0.2) is 41.2 Å². The van der Waals surface area contributed by atoms with Crippen LogP contribution in [0.5, 0.6) is 0 Å². The largest absolute Gasteiger partial charge is 0.464 e. The summed E-state index contributed by atoms with van der Waals surface area (Å²) in [5.74, 6) is 0.116. The molecule has 2 rings (SSSR count). The number of rotatable bonds is 2. The third-order valence-electron chi connectivity index (χ3n) is 2.46. The van der Waals surface area contributed by atoms with E-state index in [1.165, 1.54) is 7.11 Å². The first-order valence-electron chi connectivity index (χ1n) is 4.75. The Bertz CT molecular complexity index is 375. The number of hydrogen-bond donors (Lipinski definition) is 2. The minimum absolute atomic E-state index is 0.104. The molecule has 1 unspecified atom stereocenters. The Morgan fingerprint density at radius 3 is 3.27 bits per heavy atom. The standard InChI is InChI=1S/C8H13N5O2/c1-15-8(14)6-7-10-3-2-5(4-9)13(7)12-11-6/h5,10H,2-4,9H2,1H3. The normalized spacial score (nSPS) is 19.2. The average molecular weight is 211 g/mol. The first-order valence-corrected chi connectivity index (χ1v) is 4.75. The zero-order valence-electron chi connectivity index (χ0n) is 8.43. The van der Waals surface area contributed by atoms with Crippen LogP contribution in [0.15, 0.2) is 0 Å². The lowest BCUT2D eigenvalue weighted by Crippen LogP contribution is -2.29. The van der Waals surface area contributed by atoms with Crippen LogP contribution in [0.25, 0.3) is 0 Å². The summed E-state index contributed by atoms with van der Waals surface area (Å²) in [7, 11) is 1.32. The highest BCUT2D eigenvalue weighted by Gasteiger charge is 2.26. The molecule has 15 heavy (non-hydrogen) atoms. The molecule has 1 aromatic rings. The van der Waals surface area contributed by atoms with E-state index in [1.54, 1.807) is 4.68 Å². The van der Waals surface area contributed by atoms with Gasteiger partial charge in [0.25, 0.3) is 0 Å². The highest BCUT2D eigenvalue weighted by molar-refractivity contribution is 5.92. The molecule has 0 fully saturated rings. The number of hydrogen-bond acceptors (Lipinski definition) is 6. The predicted molar refractivity (Wildman–Crippen MR) is 52.6 cm³/mol. The lowest BCUT2D eigenvalue weighted by Gasteiger charge is -2.23. The highest BCUT2D eigenvalue weighted by Crippen LogP contribution is 2.24. The maximum absolute atomic E-state index is 11.3. The minimum atomic E-state index is -0.485. The van der Waals surface area contributed by atoms with Gasteiger partial charge in [-0.05, 0) is 6.42 Å². The van der Waals surface area contributed by atoms with Crippen molar-refractivity contribution < 1.29 is 9.53 Å². The molecule has 1 aliphatic heterocycles. The number of nitrogens with zero attached hydrogens (tertiary/aromatic N) is 3. The molecule has 0 spiro atoms. The molecule has 0 radical (unpaired) electrons. The number of anilines is 1. The van der Waals surface area contributed by atoms with Crippen molar-refractivity contribution in [2.24, 2.45) is 5.73 Å². The van der Waals surface area contributed by atoms with Crippen molar-refractivity contribution in [3.05, 3.63) is 5.69 Å². The summed E-state index contributed by atoms with van der Waals surface area (Å²) >= 11 is 0. The van der Waals surface area contributed by atoms with Crippen LogP contribution in [0.2, 0.25) is 0 Å². The average Bonchev–Trinajstić information content (AvgIpc) is 2.71. The topological polar surface area (TPSA) is 95.1 Å². The van der Waals surface area contributed by atoms with E-state index in [9.17, 15) is 4.79 Å². The van der Waals surface area contributed by atoms with E-state index in [2.05, 4.69) is 20.4 Å². The van der Waals surface area contributed by atoms with Crippen molar-refractivity contribution in [2.75, 3.05) is 25.5 Å². The molecule has 0 aromatic carbocycles. The Balaban J connectivity index is 2.37. The van der Waals surface area contributed by atoms with Gasteiger partial charge in [0.15, 0.2) is 5.82 Å². The number of ether oxygens (including phenoxy) is 1. The fourth-order valence-corrected chi connectivity index (χ4v) is 1.65. The lowest BCUT2D eigenvalue weighted by molar-refractivity contribution is 0.0595. The molecular formula is C8H13N5O2. The van der Waals surface area contributed by atoms with Gasteiger partial charge >= 0.3 is 5.97 Å². The molecule has 7 nitrogen and oxygen atoms in total. The van der Waals surface area contributed by atoms with E-state index >= 15 is 0 Å². The number of methoxy groups -OCH3 is 1. The molecule has 0 bridgehead atoms. The third kappa shape index (κ3) is 1.54. The lowest BCUT2D eigenvalue weighted by atomic mass is 10.1. The highest BCUT2D eigenvalue weighted by atomic mass is 16.5. The summed E-state index contributed by atoms with van der Waals surface area (Å²) in [5.41, 5.74) is 5.82. The Kier molecular flexibility index (Phi) is 2.55. The van der Waals surface area contributed by atoms with Crippen LogP contribution >= 0.6 is 0 Å². The quantitative estimate of drug-likeness (QED) is 0.633. The first-order chi connectivity index (χ1) is 7.27. The summed E-state index contributed by atoms with van der Waals surface area (Å²) in [5, 5.41) is 10.8. The van der Waals surface area contributed by atoms with E-state index in [-0.39, 0.29) is 11.7 Å². The van der Waals surface area contributed by atoms with Crippen LogP contribution in [0.3, 0.4) is 0 Å². The molecule has 1 aromatic heterocycles. The van der Waals surface area contributed by atoms with Crippen molar-refractivity contribution >= 4 is 11.8 Å². The summed E-state index contributed by atoms with van der Waals surface area (Å²) in [4.78, 5) is 11.3. The zero-order valence-corrected chi connectivity index (χ0v) is 8.43. The molecule has 0 aliphatic carbocycles. The van der Waals surface area contributed by atoms with Crippen molar-refractivity contribution in [3.8, 4) is 0 Å². The van der Waals surface area contributed by atoms with Gasteiger partial charge in [-0.1, -0.05) is 5.21 Å². The van der Waals surface area contributed by atoms with Gasteiger partial charge in [-0.15, -0.1) is 5.10 Å². The fraction of sp³-hybridized carbons (Fsp3) is 0.625. The maximum atomic E-state index is 11.3. The van der Waals surface area contributed by atoms with Gasteiger partial charge in [0, 0.05) is 13.1 Å². The Labute approximate surface area is 86.6 Å². The Morgan fingerprint density at radius 1 is 1.80 bits per heavy atom. The van der Waals surface area contributed by atoms with Gasteiger partial charge in [0.2, 0.25) is 5.69 Å². The van der Waals surface area contributed by atoms with Crippen LogP contribution in [0, 0.1) is 0 Å². The van der Waals surface area contributed by atoms with Gasteiger partial charge in [-0.3, -0.25) is 0 Å². The number of carbonyl (C=O) groups is 1. The molecule has 3 N–H and O–H groups in total. The van der Waals surface area contributed by atoms with Gasteiger partial charge in [0.05, 0.1) is 13.2 Å². The number of nitrogens with two attached hydrogens (primary N) is 1. The maximum Gasteiger partial charge on any atom is 0.362 e. The molecule has 1 atom stereocenters. The first kappa shape index (κ1) is 9.91. The van der Waals surface area contributed by atoms with Crippen LogP contribution in [0.1, 0.15) is 23.0 Å². The van der Waals surface area contributed by atoms with Crippen LogP contribution in [-0.2, 0) is 4.74 Å². The molecule has 0 saturated heterocycles. The van der Waals surface area contributed by atoms with Gasteiger partial charge in [0.1, 0.15) is 0 Å².